The van der Waals surface area contributed by atoms with Crippen molar-refractivity contribution < 1.29 is 81.4 Å². The number of H-pyrrole nitrogens is 2. The quantitative estimate of drug-likeness (QED) is 0.0537. The third kappa shape index (κ3) is 30.5. The van der Waals surface area contributed by atoms with E-state index in [1.807, 2.05) is 182 Å². The van der Waals surface area contributed by atoms with Crippen molar-refractivity contribution in [2.45, 2.75) is 86.9 Å². The first-order valence-corrected chi connectivity index (χ1v) is 46.5. The second-order valence-electron chi connectivity index (χ2n) is 25.2. The summed E-state index contributed by atoms with van der Waals surface area (Å²) in [6.45, 7) is 37.6. The van der Waals surface area contributed by atoms with Crippen LogP contribution < -0.4 is 62.0 Å². The van der Waals surface area contributed by atoms with E-state index in [2.05, 4.69) is 280 Å². The Bertz CT molecular complexity index is 5550. The fraction of sp³-hybridized carbons (Fsp3) is 0.244. The van der Waals surface area contributed by atoms with Gasteiger partial charge in [0.05, 0.1) is 75.8 Å². The largest absolute Gasteiger partial charge is 1.00 e. The molecule has 35 heteroatoms. The van der Waals surface area contributed by atoms with Crippen LogP contribution in [0.5, 0.6) is 0 Å². The van der Waals surface area contributed by atoms with Crippen molar-refractivity contribution in [3.05, 3.63) is 245 Å². The maximum absolute atomic E-state index is 9.96. The number of aromatic amines is 2. The van der Waals surface area contributed by atoms with E-state index >= 15 is 0 Å². The van der Waals surface area contributed by atoms with Crippen LogP contribution in [-0.2, 0) is 35.2 Å². The van der Waals surface area contributed by atoms with Gasteiger partial charge >= 0.3 is 58.5 Å². The van der Waals surface area contributed by atoms with Crippen molar-refractivity contribution in [3.63, 3.8) is 0 Å². The van der Waals surface area contributed by atoms with Crippen LogP contribution in [0.4, 0.5) is 4.39 Å². The van der Waals surface area contributed by atoms with Crippen molar-refractivity contribution in [3.8, 4) is 11.3 Å². The number of allylic oxidation sites excluding steroid dienone is 3. The molecule has 20 nitrogen and oxygen atoms in total. The second kappa shape index (κ2) is 50.1. The summed E-state index contributed by atoms with van der Waals surface area (Å²) < 4.78 is 46.7. The first kappa shape index (κ1) is 102. The van der Waals surface area contributed by atoms with Crippen molar-refractivity contribution in [1.82, 2.24) is 69.7 Å². The number of halogens is 13. The third-order valence-corrected chi connectivity index (χ3v) is 21.3. The van der Waals surface area contributed by atoms with Gasteiger partial charge in [-0.05, 0) is 263 Å². The van der Waals surface area contributed by atoms with E-state index in [1.165, 1.54) is 33.5 Å². The van der Waals surface area contributed by atoms with E-state index in [4.69, 9.17) is 50.2 Å². The molecule has 0 spiro atoms. The van der Waals surface area contributed by atoms with E-state index < -0.39 is 7.15 Å². The van der Waals surface area contributed by atoms with Crippen molar-refractivity contribution in [1.29, 1.82) is 0 Å². The molecule has 0 unspecified atom stereocenters. The second-order valence-corrected chi connectivity index (χ2v) is 32.9. The van der Waals surface area contributed by atoms with Gasteiger partial charge in [-0.3, -0.25) is 28.6 Å². The summed E-state index contributed by atoms with van der Waals surface area (Å²) in [5.74, 6) is 0. The van der Waals surface area contributed by atoms with Crippen LogP contribution >= 0.6 is 197 Å². The van der Waals surface area contributed by atoms with Gasteiger partial charge in [-0.1, -0.05) is 135 Å². The molecule has 3 aliphatic heterocycles. The molecule has 113 heavy (non-hydrogen) atoms. The molecular formula is C78H84BBr5Cl3FI4KN16O4+. The summed E-state index contributed by atoms with van der Waals surface area (Å²) in [7, 11) is 4.58. The number of rotatable bonds is 5. The monoisotopic (exact) mass is 2390 g/mol. The van der Waals surface area contributed by atoms with Gasteiger partial charge in [0.1, 0.15) is 17.9 Å². The number of hydrogen-bond donors (Lipinski definition) is 2. The van der Waals surface area contributed by atoms with Crippen LogP contribution in [-0.4, -0.2) is 125 Å². The molecular weight excluding hydrogens is 2310 g/mol. The molecule has 13 aromatic rings. The summed E-state index contributed by atoms with van der Waals surface area (Å²) in [4.78, 5) is 15.3. The van der Waals surface area contributed by atoms with E-state index in [-0.39, 0.29) is 93.2 Å². The van der Waals surface area contributed by atoms with Gasteiger partial charge in [-0.15, -0.1) is 6.58 Å². The molecule has 0 aliphatic carbocycles. The number of ether oxygens (including phenoxy) is 1. The maximum atomic E-state index is 9.96. The molecule has 3 N–H and O–H groups in total. The average Bonchev–Trinajstić information content (AvgIpc) is 1.62. The Hall–Kier alpha value is -3.21. The maximum Gasteiger partial charge on any atom is 1.00 e. The van der Waals surface area contributed by atoms with E-state index in [9.17, 15) is 4.39 Å². The van der Waals surface area contributed by atoms with Crippen molar-refractivity contribution in [2.75, 3.05) is 20.4 Å². The Morgan fingerprint density at radius 1 is 0.611 bits per heavy atom. The molecule has 0 bridgehead atoms. The van der Waals surface area contributed by atoms with Gasteiger partial charge in [0.15, 0.2) is 6.72 Å². The average molecular weight is 2390 g/mol. The molecule has 0 atom stereocenters. The van der Waals surface area contributed by atoms with E-state index in [0.29, 0.717) is 5.15 Å². The van der Waals surface area contributed by atoms with Crippen LogP contribution in [0.1, 0.15) is 88.4 Å². The molecule has 0 radical (unpaired) electrons. The zero-order valence-electron chi connectivity index (χ0n) is 64.3. The fourth-order valence-electron chi connectivity index (χ4n) is 10.5. The standard InChI is InChI=1S/C15H13ClN4.C11H11BrN2.C11H10BrN2.C9H17BO2.C8H6BrIN2.C7H4BrIN2.C7H5BrN2.C4H2Cl2N2.C4H8O.CH3F.CH4.I2.K.H2O/c1-9(2)14-11-8-10(4-5-13(11)19-20(14)3)12-6-7-17-15(16)18-12;2*1-7(2)11-9-6-8(12)4-5-10(9)13-14(11)3;1-7(2)10-11-8(3,4)9(5,6)12-10;1-12-8(10)6-4-5(9)2-3-7(6)11-12;8-4-1-2-6-5(3-4)7(9)11-10-6;8-6-1-2-7-5(3-6)4-9-10-7;5-3-1-2-7-4(6)8-3;1-2-4-5-3-1;1-2;;1-2;;/h4-8H,1H2,2-3H3;4-6H,1H2,2-3H3;4-6H,1,3H2,2H3;1H2,2-6H3;2-4H,1H3;1-3H,(H,10,11);1-4H,(H,9,10);1-2H;1-4H2;1H3;1H4;;;1H2/q;;+1;;;;;;;;;;+1;/p-1/i;;;;;;;;;1D;;;;. The molecule has 2 fully saturated rings. The summed E-state index contributed by atoms with van der Waals surface area (Å²) in [5.41, 5.74) is 13.4. The number of nitrogens with zero attached hydrogens (tertiary/aromatic N) is 14. The van der Waals surface area contributed by atoms with Crippen LogP contribution in [0.25, 0.3) is 82.6 Å². The molecule has 3 aliphatic rings. The zero-order valence-corrected chi connectivity index (χ0v) is 85.2. The van der Waals surface area contributed by atoms with Gasteiger partial charge in [0.25, 0.3) is 0 Å². The Kier molecular flexibility index (Phi) is 45.3. The van der Waals surface area contributed by atoms with Crippen molar-refractivity contribution >= 4 is 282 Å². The molecule has 2 saturated heterocycles. The van der Waals surface area contributed by atoms with Gasteiger partial charge in [0.2, 0.25) is 16.3 Å². The Morgan fingerprint density at radius 2 is 1.07 bits per heavy atom. The van der Waals surface area contributed by atoms with Gasteiger partial charge in [-0.25, -0.2) is 19.9 Å². The predicted octanol–water partition coefficient (Wildman–Crippen LogP) is 21.3. The molecule has 0 amide bonds. The number of nitrogens with one attached hydrogen (secondary N) is 2. The van der Waals surface area contributed by atoms with Crippen LogP contribution in [0, 0.1) is 7.40 Å². The molecule has 594 valence electrons. The van der Waals surface area contributed by atoms with Crippen LogP contribution in [0.3, 0.4) is 0 Å². The van der Waals surface area contributed by atoms with Gasteiger partial charge in [0, 0.05) is 150 Å². The topological polar surface area (TPSA) is 235 Å². The molecule has 7 aromatic heterocycles. The Balaban J connectivity index is 0.000000333. The minimum Gasteiger partial charge on any atom is -0.870 e. The molecule has 16 rings (SSSR count). The summed E-state index contributed by atoms with van der Waals surface area (Å²) >= 11 is 42.5. The molecule has 10 heterocycles. The summed E-state index contributed by atoms with van der Waals surface area (Å²) in [6.07, 6.45) is 7.51. The smallest absolute Gasteiger partial charge is 0.870 e. The van der Waals surface area contributed by atoms with Gasteiger partial charge < -0.3 is 19.5 Å². The number of alkyl halides is 1. The summed E-state index contributed by atoms with van der Waals surface area (Å²) in [6, 6.07) is 39.6. The number of aromatic nitrogens is 14. The number of aryl methyl sites for hydroxylation is 3. The SMILES string of the molecule is Brc1ccc2[nH]ncc2c1.Brc1ccc2n[nH]c(I)c2c1.C.C1CCOC1.C=C(C)B1OC(C)(C)C(C)(C)O1.C=C(C)C1=c2cc(Br)ccc2=N[N+]1=C.C=C(C)c1c2cc(-c3ccnc(Cl)n3)ccc2nn1C.C=C(C)c1c2cc(Br)ccc2nn1C.Clc1ccnc(Cl)n1.Cn1nc2ccc(Br)cc2c1I.II.[2H]CF.[K+].[OH-]. The van der Waals surface area contributed by atoms with Crippen molar-refractivity contribution in [2.24, 2.45) is 26.2 Å². The third-order valence-electron chi connectivity index (χ3n) is 16.1. The number of hydrogen-bond acceptors (Lipinski definition) is 14. The Labute approximate surface area is 810 Å². The first-order valence-electron chi connectivity index (χ1n) is 33.7. The normalized spacial score (nSPS) is 12.8. The first-order chi connectivity index (χ1) is 52.5. The molecule has 6 aromatic carbocycles. The van der Waals surface area contributed by atoms with E-state index in [0.717, 1.165) is 144 Å². The molecule has 0 saturated carbocycles. The van der Waals surface area contributed by atoms with E-state index in [1.54, 1.807) is 23.1 Å². The van der Waals surface area contributed by atoms with Crippen LogP contribution in [0.15, 0.2) is 205 Å². The zero-order chi connectivity index (χ0) is 82.2. The number of fused-ring (bicyclic) bond motifs is 6. The van der Waals surface area contributed by atoms with Gasteiger partial charge in [-0.2, -0.15) is 25.5 Å². The summed E-state index contributed by atoms with van der Waals surface area (Å²) in [5, 5.41) is 39.9. The fourth-order valence-corrected chi connectivity index (χ4v) is 13.9. The minimum absolute atomic E-state index is 0. The number of benzene rings is 6. The Morgan fingerprint density at radius 3 is 1.56 bits per heavy atom. The minimum atomic E-state index is -1.00. The predicted molar refractivity (Wildman–Crippen MR) is 513 cm³/mol. The van der Waals surface area contributed by atoms with Crippen LogP contribution in [0.2, 0.25) is 15.7 Å².